The highest BCUT2D eigenvalue weighted by Crippen LogP contribution is 2.19. The molecule has 6 heteroatoms. The summed E-state index contributed by atoms with van der Waals surface area (Å²) in [7, 11) is 0. The van der Waals surface area contributed by atoms with Crippen molar-refractivity contribution in [2.75, 3.05) is 39.3 Å². The molecule has 0 spiro atoms. The number of thiophene rings is 1. The van der Waals surface area contributed by atoms with Gasteiger partial charge in [0.15, 0.2) is 0 Å². The summed E-state index contributed by atoms with van der Waals surface area (Å²) in [5.41, 5.74) is 0. The van der Waals surface area contributed by atoms with Gasteiger partial charge in [0.2, 0.25) is 5.91 Å². The van der Waals surface area contributed by atoms with Crippen LogP contribution in [0, 0.1) is 6.92 Å². The SMILES string of the molecule is Cc1ccc(C(=O)N2CCN(CC(=O)N3CCCCC3C)CC2)s1. The zero-order chi connectivity index (χ0) is 17.1. The van der Waals surface area contributed by atoms with Crippen LogP contribution < -0.4 is 0 Å². The molecule has 2 aliphatic rings. The first kappa shape index (κ1) is 17.4. The summed E-state index contributed by atoms with van der Waals surface area (Å²) in [5, 5.41) is 0. The van der Waals surface area contributed by atoms with Gasteiger partial charge in [0.1, 0.15) is 0 Å². The molecular weight excluding hydrogens is 322 g/mol. The third-order valence-corrected chi connectivity index (χ3v) is 6.08. The highest BCUT2D eigenvalue weighted by atomic mass is 32.1. The molecule has 0 bridgehead atoms. The van der Waals surface area contributed by atoms with Gasteiger partial charge in [0.25, 0.3) is 5.91 Å². The van der Waals surface area contributed by atoms with Crippen LogP contribution in [0.25, 0.3) is 0 Å². The first-order valence-electron chi connectivity index (χ1n) is 8.92. The van der Waals surface area contributed by atoms with Crippen molar-refractivity contribution in [2.24, 2.45) is 0 Å². The highest BCUT2D eigenvalue weighted by molar-refractivity contribution is 7.13. The molecule has 0 N–H and O–H groups in total. The van der Waals surface area contributed by atoms with E-state index in [9.17, 15) is 9.59 Å². The first-order valence-corrected chi connectivity index (χ1v) is 9.74. The van der Waals surface area contributed by atoms with Gasteiger partial charge < -0.3 is 9.80 Å². The van der Waals surface area contributed by atoms with Gasteiger partial charge in [-0.3, -0.25) is 14.5 Å². The van der Waals surface area contributed by atoms with E-state index in [1.807, 2.05) is 28.9 Å². The van der Waals surface area contributed by atoms with Crippen LogP contribution in [0.15, 0.2) is 12.1 Å². The highest BCUT2D eigenvalue weighted by Gasteiger charge is 2.27. The number of carbonyl (C=O) groups excluding carboxylic acids is 2. The van der Waals surface area contributed by atoms with E-state index in [0.717, 1.165) is 37.4 Å². The van der Waals surface area contributed by atoms with E-state index in [4.69, 9.17) is 0 Å². The molecule has 3 rings (SSSR count). The van der Waals surface area contributed by atoms with Gasteiger partial charge in [-0.05, 0) is 45.2 Å². The molecule has 5 nitrogen and oxygen atoms in total. The quantitative estimate of drug-likeness (QED) is 0.840. The summed E-state index contributed by atoms with van der Waals surface area (Å²) >= 11 is 1.55. The number of likely N-dealkylation sites (tertiary alicyclic amines) is 1. The van der Waals surface area contributed by atoms with Crippen molar-refractivity contribution in [2.45, 2.75) is 39.2 Å². The smallest absolute Gasteiger partial charge is 0.264 e. The lowest BCUT2D eigenvalue weighted by molar-refractivity contribution is -0.136. The lowest BCUT2D eigenvalue weighted by Crippen LogP contribution is -2.53. The molecule has 3 heterocycles. The maximum atomic E-state index is 12.5. The second-order valence-corrected chi connectivity index (χ2v) is 8.20. The van der Waals surface area contributed by atoms with Crippen molar-refractivity contribution >= 4 is 23.2 Å². The summed E-state index contributed by atoms with van der Waals surface area (Å²) in [4.78, 5) is 33.1. The lowest BCUT2D eigenvalue weighted by atomic mass is 10.0. The van der Waals surface area contributed by atoms with Crippen LogP contribution >= 0.6 is 11.3 Å². The minimum atomic E-state index is 0.128. The number of rotatable bonds is 3. The van der Waals surface area contributed by atoms with E-state index in [-0.39, 0.29) is 11.8 Å². The van der Waals surface area contributed by atoms with Crippen molar-refractivity contribution in [3.63, 3.8) is 0 Å². The Kier molecular flexibility index (Phi) is 5.56. The summed E-state index contributed by atoms with van der Waals surface area (Å²) in [5.74, 6) is 0.375. The number of hydrogen-bond donors (Lipinski definition) is 0. The molecule has 2 saturated heterocycles. The third-order valence-electron chi connectivity index (χ3n) is 5.09. The van der Waals surface area contributed by atoms with Crippen molar-refractivity contribution in [3.05, 3.63) is 21.9 Å². The number of amides is 2. The van der Waals surface area contributed by atoms with Gasteiger partial charge in [-0.15, -0.1) is 11.3 Å². The van der Waals surface area contributed by atoms with Crippen LogP contribution in [-0.2, 0) is 4.79 Å². The Morgan fingerprint density at radius 2 is 1.88 bits per heavy atom. The van der Waals surface area contributed by atoms with Gasteiger partial charge in [-0.2, -0.15) is 0 Å². The Morgan fingerprint density at radius 3 is 2.50 bits per heavy atom. The van der Waals surface area contributed by atoms with Gasteiger partial charge >= 0.3 is 0 Å². The predicted octanol–water partition coefficient (Wildman–Crippen LogP) is 2.22. The minimum absolute atomic E-state index is 0.128. The zero-order valence-electron chi connectivity index (χ0n) is 14.7. The Morgan fingerprint density at radius 1 is 1.12 bits per heavy atom. The largest absolute Gasteiger partial charge is 0.339 e. The van der Waals surface area contributed by atoms with E-state index in [1.165, 1.54) is 11.3 Å². The van der Waals surface area contributed by atoms with Gasteiger partial charge in [-0.1, -0.05) is 0 Å². The monoisotopic (exact) mass is 349 g/mol. The number of carbonyl (C=O) groups is 2. The maximum absolute atomic E-state index is 12.5. The molecule has 24 heavy (non-hydrogen) atoms. The minimum Gasteiger partial charge on any atom is -0.339 e. The second kappa shape index (κ2) is 7.66. The van der Waals surface area contributed by atoms with Crippen LogP contribution in [0.5, 0.6) is 0 Å². The summed E-state index contributed by atoms with van der Waals surface area (Å²) in [6, 6.07) is 4.28. The first-order chi connectivity index (χ1) is 11.5. The van der Waals surface area contributed by atoms with Crippen LogP contribution in [0.1, 0.15) is 40.7 Å². The summed E-state index contributed by atoms with van der Waals surface area (Å²) in [6.07, 6.45) is 3.47. The molecule has 1 aromatic rings. The molecule has 2 amide bonds. The topological polar surface area (TPSA) is 43.9 Å². The molecule has 132 valence electrons. The summed E-state index contributed by atoms with van der Waals surface area (Å²) in [6.45, 7) is 8.54. The van der Waals surface area contributed by atoms with Crippen LogP contribution in [0.3, 0.4) is 0 Å². The molecule has 1 atom stereocenters. The number of piperazine rings is 1. The Bertz CT molecular complexity index is 593. The van der Waals surface area contributed by atoms with Gasteiger partial charge in [0.05, 0.1) is 11.4 Å². The molecule has 0 radical (unpaired) electrons. The molecule has 0 saturated carbocycles. The van der Waals surface area contributed by atoms with E-state index < -0.39 is 0 Å². The normalized spacial score (nSPS) is 22.7. The average molecular weight is 350 g/mol. The molecule has 1 aromatic heterocycles. The van der Waals surface area contributed by atoms with Gasteiger partial charge in [0, 0.05) is 43.6 Å². The molecule has 2 fully saturated rings. The Hall–Kier alpha value is -1.40. The molecule has 0 aliphatic carbocycles. The number of hydrogen-bond acceptors (Lipinski definition) is 4. The van der Waals surface area contributed by atoms with E-state index in [1.54, 1.807) is 11.3 Å². The van der Waals surface area contributed by atoms with Crippen molar-refractivity contribution in [1.29, 1.82) is 0 Å². The zero-order valence-corrected chi connectivity index (χ0v) is 15.5. The number of aryl methyl sites for hydroxylation is 1. The lowest BCUT2D eigenvalue weighted by Gasteiger charge is -2.38. The number of nitrogens with zero attached hydrogens (tertiary/aromatic N) is 3. The molecular formula is C18H27N3O2S. The predicted molar refractivity (Wildman–Crippen MR) is 96.4 cm³/mol. The van der Waals surface area contributed by atoms with Crippen molar-refractivity contribution < 1.29 is 9.59 Å². The number of piperidine rings is 1. The third kappa shape index (κ3) is 3.98. The second-order valence-electron chi connectivity index (χ2n) is 6.91. The van der Waals surface area contributed by atoms with Gasteiger partial charge in [-0.25, -0.2) is 0 Å². The Balaban J connectivity index is 1.48. The van der Waals surface area contributed by atoms with E-state index >= 15 is 0 Å². The standard InChI is InChI=1S/C18H27N3O2S/c1-14-5-3-4-8-21(14)17(22)13-19-9-11-20(12-10-19)18(23)16-7-6-15(2)24-16/h6-7,14H,3-5,8-13H2,1-2H3. The fraction of sp³-hybridized carbons (Fsp3) is 0.667. The van der Waals surface area contributed by atoms with Crippen molar-refractivity contribution in [1.82, 2.24) is 14.7 Å². The van der Waals surface area contributed by atoms with Crippen molar-refractivity contribution in [3.8, 4) is 0 Å². The van der Waals surface area contributed by atoms with Crippen LogP contribution in [0.4, 0.5) is 0 Å². The fourth-order valence-corrected chi connectivity index (χ4v) is 4.40. The Labute approximate surface area is 148 Å². The summed E-state index contributed by atoms with van der Waals surface area (Å²) < 4.78 is 0. The van der Waals surface area contributed by atoms with E-state index in [0.29, 0.717) is 25.7 Å². The van der Waals surface area contributed by atoms with Crippen LogP contribution in [-0.4, -0.2) is 71.8 Å². The fourth-order valence-electron chi connectivity index (χ4n) is 3.57. The maximum Gasteiger partial charge on any atom is 0.264 e. The molecule has 2 aliphatic heterocycles. The van der Waals surface area contributed by atoms with Crippen LogP contribution in [0.2, 0.25) is 0 Å². The van der Waals surface area contributed by atoms with E-state index in [2.05, 4.69) is 11.8 Å². The molecule has 1 unspecified atom stereocenters. The average Bonchev–Trinajstić information content (AvgIpc) is 3.02. The molecule has 0 aromatic carbocycles.